The number of pyridine rings is 1. The predicted molar refractivity (Wildman–Crippen MR) is 99.7 cm³/mol. The number of rotatable bonds is 3. The zero-order valence-electron chi connectivity index (χ0n) is 13.7. The Balaban J connectivity index is 1.62. The van der Waals surface area contributed by atoms with Crippen LogP contribution in [0.1, 0.15) is 5.56 Å². The summed E-state index contributed by atoms with van der Waals surface area (Å²) in [5, 5.41) is 23.9. The highest BCUT2D eigenvalue weighted by Crippen LogP contribution is 2.27. The van der Waals surface area contributed by atoms with Gasteiger partial charge in [-0.3, -0.25) is 10.1 Å². The first-order chi connectivity index (χ1) is 12.7. The van der Waals surface area contributed by atoms with Gasteiger partial charge in [-0.1, -0.05) is 0 Å². The van der Waals surface area contributed by atoms with Gasteiger partial charge in [0.1, 0.15) is 5.82 Å². The molecule has 0 amide bonds. The number of hydrogen-bond acceptors (Lipinski definition) is 8. The number of anilines is 2. The van der Waals surface area contributed by atoms with Gasteiger partial charge in [-0.05, 0) is 12.1 Å². The molecule has 1 aliphatic heterocycles. The van der Waals surface area contributed by atoms with Gasteiger partial charge >= 0.3 is 0 Å². The monoisotopic (exact) mass is 366 g/mol. The van der Waals surface area contributed by atoms with Crippen molar-refractivity contribution in [1.82, 2.24) is 9.97 Å². The number of non-ortho nitro benzene ring substituents is 1. The number of nitro benzene ring substituents is 1. The summed E-state index contributed by atoms with van der Waals surface area (Å²) in [6.45, 7) is 3.20. The molecule has 0 saturated carbocycles. The van der Waals surface area contributed by atoms with E-state index in [1.54, 1.807) is 29.7 Å². The lowest BCUT2D eigenvalue weighted by Gasteiger charge is -2.35. The number of piperazine rings is 1. The molecule has 0 N–H and O–H groups in total. The maximum atomic E-state index is 11.0. The fourth-order valence-corrected chi connectivity index (χ4v) is 3.76. The van der Waals surface area contributed by atoms with E-state index < -0.39 is 4.92 Å². The summed E-state index contributed by atoms with van der Waals surface area (Å²) >= 11 is 1.62. The van der Waals surface area contributed by atoms with Crippen LogP contribution in [0.5, 0.6) is 0 Å². The third-order valence-electron chi connectivity index (χ3n) is 4.40. The van der Waals surface area contributed by atoms with Crippen LogP contribution in [0.4, 0.5) is 16.6 Å². The molecular formula is C17H14N6O2S. The number of nitriles is 1. The Labute approximate surface area is 153 Å². The molecule has 0 atom stereocenters. The second-order valence-corrected chi connectivity index (χ2v) is 6.76. The van der Waals surface area contributed by atoms with E-state index in [1.807, 2.05) is 5.38 Å². The Morgan fingerprint density at radius 3 is 2.62 bits per heavy atom. The molecule has 0 aliphatic carbocycles. The van der Waals surface area contributed by atoms with Crippen LogP contribution in [0.15, 0.2) is 35.8 Å². The Kier molecular flexibility index (Phi) is 4.10. The van der Waals surface area contributed by atoms with Crippen LogP contribution in [0.25, 0.3) is 10.9 Å². The lowest BCUT2D eigenvalue weighted by atomic mass is 10.1. The van der Waals surface area contributed by atoms with Crippen LogP contribution in [-0.2, 0) is 0 Å². The van der Waals surface area contributed by atoms with Crippen molar-refractivity contribution in [1.29, 1.82) is 5.26 Å². The summed E-state index contributed by atoms with van der Waals surface area (Å²) in [5.74, 6) is 0.724. The van der Waals surface area contributed by atoms with E-state index in [0.29, 0.717) is 16.5 Å². The van der Waals surface area contributed by atoms with Gasteiger partial charge < -0.3 is 9.80 Å². The van der Waals surface area contributed by atoms with E-state index in [4.69, 9.17) is 0 Å². The summed E-state index contributed by atoms with van der Waals surface area (Å²) in [4.78, 5) is 23.8. The third-order valence-corrected chi connectivity index (χ3v) is 5.24. The number of fused-ring (bicyclic) bond motifs is 1. The highest BCUT2D eigenvalue weighted by molar-refractivity contribution is 7.13. The lowest BCUT2D eigenvalue weighted by molar-refractivity contribution is -0.384. The van der Waals surface area contributed by atoms with E-state index in [-0.39, 0.29) is 5.69 Å². The van der Waals surface area contributed by atoms with Gasteiger partial charge in [0.2, 0.25) is 0 Å². The fraction of sp³-hybridized carbons (Fsp3) is 0.235. The quantitative estimate of drug-likeness (QED) is 0.519. The van der Waals surface area contributed by atoms with Crippen molar-refractivity contribution >= 4 is 38.9 Å². The van der Waals surface area contributed by atoms with Crippen LogP contribution < -0.4 is 9.80 Å². The Bertz CT molecular complexity index is 1010. The number of aromatic nitrogens is 2. The van der Waals surface area contributed by atoms with Gasteiger partial charge in [0.05, 0.1) is 22.1 Å². The second kappa shape index (κ2) is 6.57. The van der Waals surface area contributed by atoms with E-state index in [1.165, 1.54) is 12.1 Å². The van der Waals surface area contributed by atoms with Gasteiger partial charge in [-0.25, -0.2) is 9.97 Å². The Morgan fingerprint density at radius 1 is 1.19 bits per heavy atom. The molecule has 0 unspecified atom stereocenters. The predicted octanol–water partition coefficient (Wildman–Crippen LogP) is 2.80. The first kappa shape index (κ1) is 16.2. The molecule has 130 valence electrons. The topological polar surface area (TPSA) is 99.2 Å². The molecule has 0 bridgehead atoms. The van der Waals surface area contributed by atoms with Crippen LogP contribution in [-0.4, -0.2) is 41.1 Å². The molecule has 9 heteroatoms. The van der Waals surface area contributed by atoms with Gasteiger partial charge in [0.25, 0.3) is 5.69 Å². The van der Waals surface area contributed by atoms with E-state index >= 15 is 0 Å². The fourth-order valence-electron chi connectivity index (χ4n) is 3.07. The van der Waals surface area contributed by atoms with Crippen molar-refractivity contribution in [3.8, 4) is 6.07 Å². The van der Waals surface area contributed by atoms with Gasteiger partial charge in [0, 0.05) is 55.3 Å². The molecule has 2 aromatic heterocycles. The van der Waals surface area contributed by atoms with Crippen molar-refractivity contribution in [2.24, 2.45) is 0 Å². The van der Waals surface area contributed by atoms with Crippen molar-refractivity contribution in [2.75, 3.05) is 36.0 Å². The van der Waals surface area contributed by atoms with Gasteiger partial charge in [0.15, 0.2) is 5.13 Å². The van der Waals surface area contributed by atoms with Crippen molar-refractivity contribution in [2.45, 2.75) is 0 Å². The number of nitro groups is 1. The summed E-state index contributed by atoms with van der Waals surface area (Å²) in [7, 11) is 0. The molecule has 1 aliphatic rings. The second-order valence-electron chi connectivity index (χ2n) is 5.89. The maximum absolute atomic E-state index is 11.0. The number of thiazole rings is 1. The standard InChI is InChI=1S/C17H14N6O2S/c18-11-12-9-16(20-15-2-1-13(23(24)25)10-14(12)15)21-4-6-22(7-5-21)17-19-3-8-26-17/h1-3,8-10H,4-7H2. The normalized spacial score (nSPS) is 14.4. The Morgan fingerprint density at radius 2 is 1.96 bits per heavy atom. The molecule has 0 radical (unpaired) electrons. The van der Waals surface area contributed by atoms with Gasteiger partial charge in [-0.2, -0.15) is 5.26 Å². The Hall–Kier alpha value is -3.25. The van der Waals surface area contributed by atoms with Crippen LogP contribution in [0.3, 0.4) is 0 Å². The molecular weight excluding hydrogens is 352 g/mol. The van der Waals surface area contributed by atoms with Crippen LogP contribution >= 0.6 is 11.3 Å². The largest absolute Gasteiger partial charge is 0.353 e. The first-order valence-corrected chi connectivity index (χ1v) is 8.92. The number of benzene rings is 1. The highest BCUT2D eigenvalue weighted by Gasteiger charge is 2.21. The minimum absolute atomic E-state index is 0.0411. The zero-order valence-corrected chi connectivity index (χ0v) is 14.5. The average Bonchev–Trinajstić information content (AvgIpc) is 3.21. The molecule has 1 aromatic carbocycles. The molecule has 3 heterocycles. The molecule has 1 saturated heterocycles. The molecule has 4 rings (SSSR count). The third kappa shape index (κ3) is 2.91. The SMILES string of the molecule is N#Cc1cc(N2CCN(c3nccs3)CC2)nc2ccc([N+](=O)[O-])cc12. The number of hydrogen-bond donors (Lipinski definition) is 0. The summed E-state index contributed by atoms with van der Waals surface area (Å²) in [6.07, 6.45) is 1.80. The molecule has 1 fully saturated rings. The van der Waals surface area contributed by atoms with Gasteiger partial charge in [-0.15, -0.1) is 11.3 Å². The van der Waals surface area contributed by atoms with Crippen molar-refractivity contribution in [3.05, 3.63) is 51.5 Å². The zero-order chi connectivity index (χ0) is 18.1. The maximum Gasteiger partial charge on any atom is 0.270 e. The minimum Gasteiger partial charge on any atom is -0.353 e. The molecule has 26 heavy (non-hydrogen) atoms. The molecule has 3 aromatic rings. The van der Waals surface area contributed by atoms with E-state index in [9.17, 15) is 15.4 Å². The summed E-state index contributed by atoms with van der Waals surface area (Å²) < 4.78 is 0. The lowest BCUT2D eigenvalue weighted by Crippen LogP contribution is -2.46. The van der Waals surface area contributed by atoms with Crippen LogP contribution in [0, 0.1) is 21.4 Å². The highest BCUT2D eigenvalue weighted by atomic mass is 32.1. The van der Waals surface area contributed by atoms with E-state index in [2.05, 4.69) is 25.8 Å². The molecule has 0 spiro atoms. The van der Waals surface area contributed by atoms with E-state index in [0.717, 1.165) is 37.1 Å². The first-order valence-electron chi connectivity index (χ1n) is 8.04. The summed E-state index contributed by atoms with van der Waals surface area (Å²) in [5.41, 5.74) is 0.948. The smallest absolute Gasteiger partial charge is 0.270 e. The summed E-state index contributed by atoms with van der Waals surface area (Å²) in [6, 6.07) is 8.28. The van der Waals surface area contributed by atoms with Crippen molar-refractivity contribution in [3.63, 3.8) is 0 Å². The van der Waals surface area contributed by atoms with Crippen molar-refractivity contribution < 1.29 is 4.92 Å². The average molecular weight is 366 g/mol. The number of nitrogens with zero attached hydrogens (tertiary/aromatic N) is 6. The minimum atomic E-state index is -0.466. The molecule has 8 nitrogen and oxygen atoms in total. The van der Waals surface area contributed by atoms with Crippen LogP contribution in [0.2, 0.25) is 0 Å².